The highest BCUT2D eigenvalue weighted by molar-refractivity contribution is 5.35. The largest absolute Gasteiger partial charge is 0.295 e. The summed E-state index contributed by atoms with van der Waals surface area (Å²) in [6.07, 6.45) is 4.41. The molecule has 0 amide bonds. The summed E-state index contributed by atoms with van der Waals surface area (Å²) in [6, 6.07) is 5.78. The van der Waals surface area contributed by atoms with Crippen LogP contribution in [0.3, 0.4) is 0 Å². The van der Waals surface area contributed by atoms with E-state index in [9.17, 15) is 0 Å². The lowest BCUT2D eigenvalue weighted by atomic mass is 10.4. The first-order chi connectivity index (χ1) is 5.86. The second-order valence-electron chi connectivity index (χ2n) is 3.28. The Kier molecular flexibility index (Phi) is 1.96. The summed E-state index contributed by atoms with van der Waals surface area (Å²) in [4.78, 5) is 4.16. The second-order valence-corrected chi connectivity index (χ2v) is 3.28. The van der Waals surface area contributed by atoms with E-state index in [0.29, 0.717) is 0 Å². The molecular weight excluding hydrogens is 150 g/mol. The number of hydrazine groups is 1. The van der Waals surface area contributed by atoms with E-state index in [-0.39, 0.29) is 0 Å². The molecule has 1 aliphatic carbocycles. The van der Waals surface area contributed by atoms with E-state index >= 15 is 0 Å². The van der Waals surface area contributed by atoms with Gasteiger partial charge in [0.15, 0.2) is 0 Å². The minimum absolute atomic E-state index is 0.803. The summed E-state index contributed by atoms with van der Waals surface area (Å²) >= 11 is 0. The van der Waals surface area contributed by atoms with E-state index < -0.39 is 0 Å². The zero-order valence-electron chi connectivity index (χ0n) is 6.98. The van der Waals surface area contributed by atoms with Crippen LogP contribution < -0.4 is 10.9 Å². The number of hydrogen-bond donors (Lipinski definition) is 1. The van der Waals surface area contributed by atoms with Crippen LogP contribution in [-0.4, -0.2) is 11.5 Å². The molecule has 0 bridgehead atoms. The maximum atomic E-state index is 5.81. The molecule has 1 aromatic heterocycles. The second kappa shape index (κ2) is 3.11. The van der Waals surface area contributed by atoms with Gasteiger partial charge >= 0.3 is 0 Å². The number of nitrogens with zero attached hydrogens (tertiary/aromatic N) is 2. The van der Waals surface area contributed by atoms with E-state index in [1.807, 2.05) is 18.2 Å². The van der Waals surface area contributed by atoms with Gasteiger partial charge in [-0.1, -0.05) is 6.07 Å². The molecular formula is C9H13N3. The molecule has 2 N–H and O–H groups in total. The third-order valence-electron chi connectivity index (χ3n) is 2.10. The molecule has 0 atom stereocenters. The quantitative estimate of drug-likeness (QED) is 0.537. The standard InChI is InChI=1S/C9H13N3/c10-12(7-8-4-5-8)9-3-1-2-6-11-9/h1-3,6,8H,4-5,7,10H2. The van der Waals surface area contributed by atoms with E-state index in [1.54, 1.807) is 11.2 Å². The molecule has 1 aliphatic rings. The average Bonchev–Trinajstić information content (AvgIpc) is 2.90. The molecule has 64 valence electrons. The number of rotatable bonds is 3. The fourth-order valence-corrected chi connectivity index (χ4v) is 1.20. The first-order valence-corrected chi connectivity index (χ1v) is 4.29. The van der Waals surface area contributed by atoms with E-state index in [4.69, 9.17) is 5.84 Å². The van der Waals surface area contributed by atoms with Crippen molar-refractivity contribution in [3.63, 3.8) is 0 Å². The Morgan fingerprint density at radius 3 is 2.92 bits per heavy atom. The van der Waals surface area contributed by atoms with Gasteiger partial charge in [0.2, 0.25) is 0 Å². The molecule has 0 spiro atoms. The summed E-state index contributed by atoms with van der Waals surface area (Å²) in [5.74, 6) is 7.47. The Bertz CT molecular complexity index is 243. The normalized spacial score (nSPS) is 16.1. The van der Waals surface area contributed by atoms with E-state index in [2.05, 4.69) is 4.98 Å². The van der Waals surface area contributed by atoms with Crippen LogP contribution in [0.25, 0.3) is 0 Å². The Balaban J connectivity index is 1.98. The minimum atomic E-state index is 0.803. The van der Waals surface area contributed by atoms with Gasteiger partial charge in [0, 0.05) is 12.7 Å². The van der Waals surface area contributed by atoms with Crippen molar-refractivity contribution in [3.8, 4) is 0 Å². The fourth-order valence-electron chi connectivity index (χ4n) is 1.20. The third-order valence-corrected chi connectivity index (χ3v) is 2.10. The van der Waals surface area contributed by atoms with Gasteiger partial charge in [-0.05, 0) is 30.9 Å². The smallest absolute Gasteiger partial charge is 0.142 e. The number of aromatic nitrogens is 1. The van der Waals surface area contributed by atoms with Crippen molar-refractivity contribution < 1.29 is 0 Å². The lowest BCUT2D eigenvalue weighted by Gasteiger charge is -2.16. The Morgan fingerprint density at radius 1 is 1.50 bits per heavy atom. The Labute approximate surface area is 72.2 Å². The monoisotopic (exact) mass is 163 g/mol. The summed E-state index contributed by atoms with van der Waals surface area (Å²) in [6.45, 7) is 0.941. The first-order valence-electron chi connectivity index (χ1n) is 4.29. The molecule has 2 rings (SSSR count). The number of pyridine rings is 1. The van der Waals surface area contributed by atoms with E-state index in [1.165, 1.54) is 12.8 Å². The van der Waals surface area contributed by atoms with Crippen molar-refractivity contribution >= 4 is 5.82 Å². The number of anilines is 1. The van der Waals surface area contributed by atoms with Crippen molar-refractivity contribution in [2.75, 3.05) is 11.6 Å². The molecule has 0 aromatic carbocycles. The van der Waals surface area contributed by atoms with Crippen molar-refractivity contribution in [2.24, 2.45) is 11.8 Å². The van der Waals surface area contributed by atoms with Gasteiger partial charge < -0.3 is 0 Å². The number of nitrogens with two attached hydrogens (primary N) is 1. The molecule has 0 unspecified atom stereocenters. The molecule has 1 fully saturated rings. The van der Waals surface area contributed by atoms with Crippen molar-refractivity contribution in [1.29, 1.82) is 0 Å². The molecule has 12 heavy (non-hydrogen) atoms. The van der Waals surface area contributed by atoms with Crippen LogP contribution in [0.2, 0.25) is 0 Å². The number of hydrogen-bond acceptors (Lipinski definition) is 3. The van der Waals surface area contributed by atoms with Crippen LogP contribution in [0.5, 0.6) is 0 Å². The molecule has 0 radical (unpaired) electrons. The maximum absolute atomic E-state index is 5.81. The zero-order valence-corrected chi connectivity index (χ0v) is 6.98. The predicted molar refractivity (Wildman–Crippen MR) is 48.5 cm³/mol. The SMILES string of the molecule is NN(CC1CC1)c1ccccn1. The molecule has 1 aromatic rings. The van der Waals surface area contributed by atoms with Crippen LogP contribution in [0.15, 0.2) is 24.4 Å². The highest BCUT2D eigenvalue weighted by Crippen LogP contribution is 2.29. The average molecular weight is 163 g/mol. The molecule has 1 heterocycles. The highest BCUT2D eigenvalue weighted by Gasteiger charge is 2.23. The summed E-state index contributed by atoms with van der Waals surface area (Å²) in [5.41, 5.74) is 0. The lowest BCUT2D eigenvalue weighted by Crippen LogP contribution is -2.33. The van der Waals surface area contributed by atoms with Crippen LogP contribution in [0.1, 0.15) is 12.8 Å². The molecule has 0 aliphatic heterocycles. The van der Waals surface area contributed by atoms with Crippen LogP contribution >= 0.6 is 0 Å². The molecule has 0 saturated heterocycles. The van der Waals surface area contributed by atoms with Gasteiger partial charge in [0.05, 0.1) is 0 Å². The summed E-state index contributed by atoms with van der Waals surface area (Å²) < 4.78 is 0. The third kappa shape index (κ3) is 1.74. The van der Waals surface area contributed by atoms with E-state index in [0.717, 1.165) is 18.3 Å². The van der Waals surface area contributed by atoms with Crippen molar-refractivity contribution in [1.82, 2.24) is 4.98 Å². The van der Waals surface area contributed by atoms with Crippen LogP contribution in [-0.2, 0) is 0 Å². The summed E-state index contributed by atoms with van der Waals surface area (Å²) in [7, 11) is 0. The van der Waals surface area contributed by atoms with Gasteiger partial charge in [-0.2, -0.15) is 0 Å². The van der Waals surface area contributed by atoms with Crippen molar-refractivity contribution in [3.05, 3.63) is 24.4 Å². The van der Waals surface area contributed by atoms with Crippen LogP contribution in [0, 0.1) is 5.92 Å². The Morgan fingerprint density at radius 2 is 2.33 bits per heavy atom. The maximum Gasteiger partial charge on any atom is 0.142 e. The fraction of sp³-hybridized carbons (Fsp3) is 0.444. The summed E-state index contributed by atoms with van der Waals surface area (Å²) in [5, 5.41) is 1.73. The van der Waals surface area contributed by atoms with Gasteiger partial charge in [0.1, 0.15) is 5.82 Å². The molecule has 3 heteroatoms. The predicted octanol–water partition coefficient (Wildman–Crippen LogP) is 1.17. The lowest BCUT2D eigenvalue weighted by molar-refractivity contribution is 0.740. The van der Waals surface area contributed by atoms with Crippen molar-refractivity contribution in [2.45, 2.75) is 12.8 Å². The Hall–Kier alpha value is -1.09. The van der Waals surface area contributed by atoms with Crippen LogP contribution in [0.4, 0.5) is 5.82 Å². The molecule has 1 saturated carbocycles. The highest BCUT2D eigenvalue weighted by atomic mass is 15.4. The topological polar surface area (TPSA) is 42.1 Å². The van der Waals surface area contributed by atoms with Gasteiger partial charge in [-0.25, -0.2) is 10.8 Å². The molecule has 3 nitrogen and oxygen atoms in total. The van der Waals surface area contributed by atoms with Gasteiger partial charge in [-0.3, -0.25) is 5.01 Å². The zero-order chi connectivity index (χ0) is 8.39. The van der Waals surface area contributed by atoms with Gasteiger partial charge in [0.25, 0.3) is 0 Å². The van der Waals surface area contributed by atoms with Gasteiger partial charge in [-0.15, -0.1) is 0 Å². The first kappa shape index (κ1) is 7.55. The minimum Gasteiger partial charge on any atom is -0.295 e.